The maximum absolute atomic E-state index is 12.8. The van der Waals surface area contributed by atoms with Crippen LogP contribution in [0.25, 0.3) is 0 Å². The van der Waals surface area contributed by atoms with Gasteiger partial charge in [0.2, 0.25) is 0 Å². The van der Waals surface area contributed by atoms with Crippen molar-refractivity contribution < 1.29 is 32.3 Å². The molecule has 1 aromatic rings. The lowest BCUT2D eigenvalue weighted by Gasteiger charge is -2.09. The minimum atomic E-state index is -4.79. The normalized spacial score (nSPS) is 11.3. The molecule has 0 aliphatic carbocycles. The second kappa shape index (κ2) is 4.07. The summed E-state index contributed by atoms with van der Waals surface area (Å²) in [7, 11) is -2.21. The third kappa shape index (κ3) is 3.10. The molecule has 2 N–H and O–H groups in total. The first-order valence-corrected chi connectivity index (χ1v) is 3.70. The van der Waals surface area contributed by atoms with E-state index in [0.717, 1.165) is 6.07 Å². The Bertz CT molecular complexity index is 353. The van der Waals surface area contributed by atoms with Crippen LogP contribution in [0.1, 0.15) is 5.56 Å². The third-order valence-corrected chi connectivity index (χ3v) is 1.49. The van der Waals surface area contributed by atoms with Gasteiger partial charge in [0, 0.05) is 6.07 Å². The van der Waals surface area contributed by atoms with Crippen LogP contribution in [-0.2, 0) is 6.18 Å². The summed E-state index contributed by atoms with van der Waals surface area (Å²) in [4.78, 5) is 0. The second-order valence-electron chi connectivity index (χ2n) is 2.58. The van der Waals surface area contributed by atoms with Crippen LogP contribution in [-0.4, -0.2) is 17.4 Å². The van der Waals surface area contributed by atoms with Gasteiger partial charge in [-0.1, -0.05) is 0 Å². The molecule has 0 amide bonds. The van der Waals surface area contributed by atoms with E-state index >= 15 is 0 Å². The van der Waals surface area contributed by atoms with Gasteiger partial charge >= 0.3 is 13.5 Å². The first kappa shape index (κ1) is 11.8. The highest BCUT2D eigenvalue weighted by Crippen LogP contribution is 2.32. The van der Waals surface area contributed by atoms with E-state index in [4.69, 9.17) is 10.0 Å². The molecule has 0 heterocycles. The Hall–Kier alpha value is -1.28. The van der Waals surface area contributed by atoms with E-state index in [1.807, 2.05) is 0 Å². The summed E-state index contributed by atoms with van der Waals surface area (Å²) in [5, 5.41) is 16.6. The molecule has 0 aliphatic rings. The van der Waals surface area contributed by atoms with E-state index in [1.54, 1.807) is 0 Å². The first-order chi connectivity index (χ1) is 6.80. The van der Waals surface area contributed by atoms with Crippen molar-refractivity contribution in [3.05, 3.63) is 29.6 Å². The fraction of sp³-hybridized carbons (Fsp3) is 0.143. The van der Waals surface area contributed by atoms with Gasteiger partial charge in [-0.3, -0.25) is 0 Å². The van der Waals surface area contributed by atoms with Crippen LogP contribution in [0.15, 0.2) is 18.2 Å². The molecule has 0 radical (unpaired) electrons. The van der Waals surface area contributed by atoms with Crippen molar-refractivity contribution in [1.29, 1.82) is 0 Å². The fourth-order valence-electron chi connectivity index (χ4n) is 0.921. The summed E-state index contributed by atoms with van der Waals surface area (Å²) in [6, 6.07) is 1.65. The lowest BCUT2D eigenvalue weighted by atomic mass is 10.2. The van der Waals surface area contributed by atoms with E-state index in [2.05, 4.69) is 4.65 Å². The summed E-state index contributed by atoms with van der Waals surface area (Å²) in [6.07, 6.45) is -4.79. The van der Waals surface area contributed by atoms with Crippen molar-refractivity contribution in [3.8, 4) is 5.75 Å². The maximum atomic E-state index is 12.8. The molecule has 0 unspecified atom stereocenters. The molecule has 15 heavy (non-hydrogen) atoms. The van der Waals surface area contributed by atoms with Crippen LogP contribution < -0.4 is 4.65 Å². The molecule has 1 aromatic carbocycles. The van der Waals surface area contributed by atoms with Gasteiger partial charge in [0.15, 0.2) is 0 Å². The predicted octanol–water partition coefficient (Wildman–Crippen LogP) is 1.19. The molecule has 1 rings (SSSR count). The van der Waals surface area contributed by atoms with Crippen LogP contribution >= 0.6 is 0 Å². The summed E-state index contributed by atoms with van der Waals surface area (Å²) < 4.78 is 53.2. The molecule has 0 atom stereocenters. The van der Waals surface area contributed by atoms with Gasteiger partial charge in [0.1, 0.15) is 11.6 Å². The largest absolute Gasteiger partial charge is 0.707 e. The summed E-state index contributed by atoms with van der Waals surface area (Å²) in [5.74, 6) is -1.95. The number of hydrogen-bond acceptors (Lipinski definition) is 3. The number of halogens is 4. The molecule has 0 aliphatic heterocycles. The Labute approximate surface area is 82.1 Å². The van der Waals surface area contributed by atoms with Gasteiger partial charge in [-0.15, -0.1) is 0 Å². The Morgan fingerprint density at radius 2 is 1.80 bits per heavy atom. The Morgan fingerprint density at radius 3 is 2.20 bits per heavy atom. The molecule has 3 nitrogen and oxygen atoms in total. The second-order valence-corrected chi connectivity index (χ2v) is 2.58. The van der Waals surface area contributed by atoms with E-state index in [9.17, 15) is 17.6 Å². The molecule has 0 saturated heterocycles. The number of alkyl halides is 3. The topological polar surface area (TPSA) is 49.7 Å². The third-order valence-electron chi connectivity index (χ3n) is 1.49. The minimum Gasteiger partial charge on any atom is -0.512 e. The zero-order chi connectivity index (χ0) is 11.6. The highest BCUT2D eigenvalue weighted by molar-refractivity contribution is 6.33. The average Bonchev–Trinajstić information content (AvgIpc) is 1.99. The van der Waals surface area contributed by atoms with Crippen molar-refractivity contribution >= 4 is 7.32 Å². The highest BCUT2D eigenvalue weighted by Gasteiger charge is 2.34. The average molecular weight is 224 g/mol. The van der Waals surface area contributed by atoms with Crippen LogP contribution in [0.5, 0.6) is 5.75 Å². The van der Waals surface area contributed by atoms with Crippen LogP contribution in [0.3, 0.4) is 0 Å². The van der Waals surface area contributed by atoms with Crippen molar-refractivity contribution in [1.82, 2.24) is 0 Å². The number of hydrogen-bond donors (Lipinski definition) is 2. The maximum Gasteiger partial charge on any atom is 0.707 e. The Balaban J connectivity index is 2.99. The molecule has 0 bridgehead atoms. The monoisotopic (exact) mass is 224 g/mol. The fourth-order valence-corrected chi connectivity index (χ4v) is 0.921. The Kier molecular flexibility index (Phi) is 3.20. The quantitative estimate of drug-likeness (QED) is 0.585. The lowest BCUT2D eigenvalue weighted by molar-refractivity contribution is -0.140. The SMILES string of the molecule is OB(O)Oc1ccc(C(F)(F)F)c(F)c1. The molecule has 0 spiro atoms. The molecular weight excluding hydrogens is 219 g/mol. The van der Waals surface area contributed by atoms with Gasteiger partial charge < -0.3 is 14.7 Å². The first-order valence-electron chi connectivity index (χ1n) is 3.70. The van der Waals surface area contributed by atoms with Gasteiger partial charge in [-0.05, 0) is 12.1 Å². The smallest absolute Gasteiger partial charge is 0.512 e. The van der Waals surface area contributed by atoms with Crippen molar-refractivity contribution in [2.45, 2.75) is 6.18 Å². The molecule has 0 aromatic heterocycles. The predicted molar refractivity (Wildman–Crippen MR) is 42.2 cm³/mol. The zero-order valence-corrected chi connectivity index (χ0v) is 7.12. The molecular formula is C7H5BF4O3. The van der Waals surface area contributed by atoms with Crippen LogP contribution in [0.2, 0.25) is 0 Å². The van der Waals surface area contributed by atoms with Gasteiger partial charge in [0.25, 0.3) is 0 Å². The lowest BCUT2D eigenvalue weighted by Crippen LogP contribution is -2.20. The van der Waals surface area contributed by atoms with E-state index in [1.165, 1.54) is 0 Å². The van der Waals surface area contributed by atoms with Crippen molar-refractivity contribution in [2.24, 2.45) is 0 Å². The summed E-state index contributed by atoms with van der Waals surface area (Å²) >= 11 is 0. The van der Waals surface area contributed by atoms with E-state index in [0.29, 0.717) is 12.1 Å². The van der Waals surface area contributed by atoms with Crippen molar-refractivity contribution in [2.75, 3.05) is 0 Å². The highest BCUT2D eigenvalue weighted by atomic mass is 19.4. The van der Waals surface area contributed by atoms with Crippen LogP contribution in [0.4, 0.5) is 17.6 Å². The zero-order valence-electron chi connectivity index (χ0n) is 7.12. The summed E-state index contributed by atoms with van der Waals surface area (Å²) in [5.41, 5.74) is -1.44. The van der Waals surface area contributed by atoms with E-state index in [-0.39, 0.29) is 0 Å². The molecule has 8 heteroatoms. The number of rotatable bonds is 2. The summed E-state index contributed by atoms with van der Waals surface area (Å²) in [6.45, 7) is 0. The molecule has 82 valence electrons. The minimum absolute atomic E-state index is 0.407. The van der Waals surface area contributed by atoms with Crippen LogP contribution in [0, 0.1) is 5.82 Å². The standard InChI is InChI=1S/C7H5BF4O3/c9-6-3-4(15-8(13)14)1-2-5(6)7(10,11)12/h1-3,13-14H. The molecule has 0 fully saturated rings. The van der Waals surface area contributed by atoms with Crippen molar-refractivity contribution in [3.63, 3.8) is 0 Å². The van der Waals surface area contributed by atoms with Gasteiger partial charge in [-0.25, -0.2) is 4.39 Å². The van der Waals surface area contributed by atoms with E-state index < -0.39 is 30.6 Å². The molecule has 0 saturated carbocycles. The van der Waals surface area contributed by atoms with Gasteiger partial charge in [0.05, 0.1) is 5.56 Å². The van der Waals surface area contributed by atoms with Gasteiger partial charge in [-0.2, -0.15) is 13.2 Å². The number of benzene rings is 1. The Morgan fingerprint density at radius 1 is 1.20 bits per heavy atom.